The average Bonchev–Trinajstić information content (AvgIpc) is 3.20. The molecule has 0 aliphatic carbocycles. The van der Waals surface area contributed by atoms with E-state index in [-0.39, 0.29) is 5.91 Å². The molecule has 0 saturated heterocycles. The van der Waals surface area contributed by atoms with Gasteiger partial charge in [-0.25, -0.2) is 9.97 Å². The second kappa shape index (κ2) is 7.23. The number of anilines is 3. The van der Waals surface area contributed by atoms with E-state index in [0.717, 1.165) is 27.9 Å². The Hall–Kier alpha value is -3.94. The van der Waals surface area contributed by atoms with E-state index in [1.165, 1.54) is 6.08 Å². The lowest BCUT2D eigenvalue weighted by molar-refractivity contribution is -0.111. The number of hydrogen-bond acceptors (Lipinski definition) is 5. The maximum atomic E-state index is 11.6. The number of aromatic nitrogens is 5. The maximum Gasteiger partial charge on any atom is 0.247 e. The fourth-order valence-electron chi connectivity index (χ4n) is 3.16. The third kappa shape index (κ3) is 3.60. The van der Waals surface area contributed by atoms with Crippen LogP contribution in [0.25, 0.3) is 22.2 Å². The van der Waals surface area contributed by atoms with Crippen molar-refractivity contribution in [1.82, 2.24) is 24.3 Å². The summed E-state index contributed by atoms with van der Waals surface area (Å²) >= 11 is 0. The molecule has 8 nitrogen and oxygen atoms in total. The van der Waals surface area contributed by atoms with E-state index in [4.69, 9.17) is 0 Å². The van der Waals surface area contributed by atoms with E-state index in [2.05, 4.69) is 32.3 Å². The molecule has 0 atom stereocenters. The van der Waals surface area contributed by atoms with Gasteiger partial charge in [-0.1, -0.05) is 12.6 Å². The standard InChI is InChI=1S/C21H21N7O/c1-5-20(29)23-14-6-7-15-16(12-27(3)18(15)11-14)17-8-9-22-21(24-17)25-19-10-13(2)28(4)26-19/h5-12H,1H2,2-4H3,(H,23,29)(H,22,24,25,26). The zero-order valence-corrected chi connectivity index (χ0v) is 16.5. The highest BCUT2D eigenvalue weighted by atomic mass is 16.1. The van der Waals surface area contributed by atoms with Gasteiger partial charge in [0.15, 0.2) is 5.82 Å². The summed E-state index contributed by atoms with van der Waals surface area (Å²) in [4.78, 5) is 20.5. The first-order chi connectivity index (χ1) is 13.9. The number of fused-ring (bicyclic) bond motifs is 1. The van der Waals surface area contributed by atoms with Crippen LogP contribution in [0.1, 0.15) is 5.69 Å². The molecule has 4 rings (SSSR count). The number of aryl methyl sites for hydroxylation is 3. The molecule has 0 radical (unpaired) electrons. The highest BCUT2D eigenvalue weighted by molar-refractivity contribution is 6.02. The molecule has 0 aliphatic heterocycles. The van der Waals surface area contributed by atoms with Crippen LogP contribution in [0.15, 0.2) is 55.4 Å². The van der Waals surface area contributed by atoms with Crippen molar-refractivity contribution in [3.05, 3.63) is 61.1 Å². The van der Waals surface area contributed by atoms with E-state index >= 15 is 0 Å². The van der Waals surface area contributed by atoms with Crippen molar-refractivity contribution >= 4 is 34.3 Å². The number of benzene rings is 1. The number of hydrogen-bond donors (Lipinski definition) is 2. The van der Waals surface area contributed by atoms with Crippen molar-refractivity contribution < 1.29 is 4.79 Å². The molecule has 1 aromatic carbocycles. The van der Waals surface area contributed by atoms with Crippen molar-refractivity contribution in [2.45, 2.75) is 6.92 Å². The lowest BCUT2D eigenvalue weighted by atomic mass is 10.1. The topological polar surface area (TPSA) is 89.7 Å². The summed E-state index contributed by atoms with van der Waals surface area (Å²) in [6.07, 6.45) is 4.98. The molecule has 0 saturated carbocycles. The summed E-state index contributed by atoms with van der Waals surface area (Å²) in [5.74, 6) is 0.935. The summed E-state index contributed by atoms with van der Waals surface area (Å²) in [5.41, 5.74) is 4.51. The lowest BCUT2D eigenvalue weighted by Crippen LogP contribution is -2.07. The summed E-state index contributed by atoms with van der Waals surface area (Å²) in [5, 5.41) is 11.4. The van der Waals surface area contributed by atoms with Gasteiger partial charge in [-0.15, -0.1) is 0 Å². The van der Waals surface area contributed by atoms with Gasteiger partial charge in [-0.05, 0) is 31.2 Å². The normalized spacial score (nSPS) is 10.9. The number of rotatable bonds is 5. The summed E-state index contributed by atoms with van der Waals surface area (Å²) in [6, 6.07) is 9.58. The average molecular weight is 387 g/mol. The van der Waals surface area contributed by atoms with Crippen LogP contribution in [-0.4, -0.2) is 30.2 Å². The molecule has 0 bridgehead atoms. The monoisotopic (exact) mass is 387 g/mol. The number of nitrogens with zero attached hydrogens (tertiary/aromatic N) is 5. The first-order valence-electron chi connectivity index (χ1n) is 9.08. The van der Waals surface area contributed by atoms with Gasteiger partial charge in [0.25, 0.3) is 0 Å². The molecule has 3 heterocycles. The van der Waals surface area contributed by atoms with Gasteiger partial charge in [-0.2, -0.15) is 5.10 Å². The second-order valence-electron chi connectivity index (χ2n) is 6.76. The smallest absolute Gasteiger partial charge is 0.247 e. The van der Waals surface area contributed by atoms with Crippen molar-refractivity contribution in [1.29, 1.82) is 0 Å². The molecule has 8 heteroatoms. The Morgan fingerprint density at radius 2 is 2.03 bits per heavy atom. The molecule has 0 spiro atoms. The molecule has 146 valence electrons. The van der Waals surface area contributed by atoms with Gasteiger partial charge in [0.05, 0.1) is 11.2 Å². The van der Waals surface area contributed by atoms with Crippen LogP contribution in [0.5, 0.6) is 0 Å². The second-order valence-corrected chi connectivity index (χ2v) is 6.76. The fourth-order valence-corrected chi connectivity index (χ4v) is 3.16. The Kier molecular flexibility index (Phi) is 4.59. The van der Waals surface area contributed by atoms with Gasteiger partial charge in [0, 0.05) is 54.9 Å². The highest BCUT2D eigenvalue weighted by Crippen LogP contribution is 2.31. The van der Waals surface area contributed by atoms with Crippen LogP contribution in [0, 0.1) is 6.92 Å². The molecular formula is C21H21N7O. The predicted molar refractivity (Wildman–Crippen MR) is 114 cm³/mol. The molecule has 0 fully saturated rings. The van der Waals surface area contributed by atoms with E-state index in [0.29, 0.717) is 17.5 Å². The van der Waals surface area contributed by atoms with E-state index in [1.807, 2.05) is 62.1 Å². The van der Waals surface area contributed by atoms with Crippen LogP contribution in [0.2, 0.25) is 0 Å². The van der Waals surface area contributed by atoms with Crippen LogP contribution in [0.4, 0.5) is 17.5 Å². The van der Waals surface area contributed by atoms with Crippen LogP contribution in [-0.2, 0) is 18.9 Å². The molecule has 4 aromatic rings. The Balaban J connectivity index is 1.69. The minimum atomic E-state index is -0.241. The number of carbonyl (C=O) groups excluding carboxylic acids is 1. The fraction of sp³-hybridized carbons (Fsp3) is 0.143. The Morgan fingerprint density at radius 3 is 2.76 bits per heavy atom. The van der Waals surface area contributed by atoms with Gasteiger partial charge < -0.3 is 15.2 Å². The van der Waals surface area contributed by atoms with E-state index < -0.39 is 0 Å². The van der Waals surface area contributed by atoms with Crippen molar-refractivity contribution in [2.24, 2.45) is 14.1 Å². The molecular weight excluding hydrogens is 366 g/mol. The largest absolute Gasteiger partial charge is 0.350 e. The highest BCUT2D eigenvalue weighted by Gasteiger charge is 2.12. The van der Waals surface area contributed by atoms with Crippen molar-refractivity contribution in [3.63, 3.8) is 0 Å². The van der Waals surface area contributed by atoms with E-state index in [1.54, 1.807) is 10.9 Å². The maximum absolute atomic E-state index is 11.6. The van der Waals surface area contributed by atoms with Gasteiger partial charge in [0.2, 0.25) is 11.9 Å². The first-order valence-corrected chi connectivity index (χ1v) is 9.08. The molecule has 2 N–H and O–H groups in total. The van der Waals surface area contributed by atoms with E-state index in [9.17, 15) is 4.79 Å². The summed E-state index contributed by atoms with van der Waals surface area (Å²) < 4.78 is 3.80. The quantitative estimate of drug-likeness (QED) is 0.511. The van der Waals surface area contributed by atoms with Crippen LogP contribution >= 0.6 is 0 Å². The molecule has 29 heavy (non-hydrogen) atoms. The summed E-state index contributed by atoms with van der Waals surface area (Å²) in [6.45, 7) is 5.46. The zero-order chi connectivity index (χ0) is 20.5. The Labute approximate surface area is 167 Å². The third-order valence-corrected chi connectivity index (χ3v) is 4.73. The lowest BCUT2D eigenvalue weighted by Gasteiger charge is -2.05. The number of amides is 1. The predicted octanol–water partition coefficient (Wildman–Crippen LogP) is 3.55. The molecule has 0 unspecified atom stereocenters. The SMILES string of the molecule is C=CC(=O)Nc1ccc2c(-c3ccnc(Nc4cc(C)n(C)n4)n3)cn(C)c2c1. The van der Waals surface area contributed by atoms with Crippen LogP contribution in [0.3, 0.4) is 0 Å². The zero-order valence-electron chi connectivity index (χ0n) is 16.5. The number of carbonyl (C=O) groups is 1. The van der Waals surface area contributed by atoms with Crippen molar-refractivity contribution in [2.75, 3.05) is 10.6 Å². The van der Waals surface area contributed by atoms with Crippen molar-refractivity contribution in [3.8, 4) is 11.3 Å². The number of nitrogens with one attached hydrogen (secondary N) is 2. The van der Waals surface area contributed by atoms with Crippen LogP contribution < -0.4 is 10.6 Å². The summed E-state index contributed by atoms with van der Waals surface area (Å²) in [7, 11) is 3.85. The minimum Gasteiger partial charge on any atom is -0.350 e. The molecule has 3 aromatic heterocycles. The molecule has 1 amide bonds. The third-order valence-electron chi connectivity index (χ3n) is 4.73. The van der Waals surface area contributed by atoms with Gasteiger partial charge in [-0.3, -0.25) is 9.48 Å². The Morgan fingerprint density at radius 1 is 1.21 bits per heavy atom. The molecule has 0 aliphatic rings. The van der Waals surface area contributed by atoms with Gasteiger partial charge in [0.1, 0.15) is 0 Å². The Bertz CT molecular complexity index is 1220. The van der Waals surface area contributed by atoms with Gasteiger partial charge >= 0.3 is 0 Å². The minimum absolute atomic E-state index is 0.241. The first kappa shape index (κ1) is 18.4.